The molecule has 16 heavy (non-hydrogen) atoms. The first-order valence-corrected chi connectivity index (χ1v) is 9.04. The molecule has 0 spiro atoms. The average molecular weight is 300 g/mol. The first kappa shape index (κ1) is 13.1. The minimum Gasteiger partial charge on any atom is -0.541 e. The van der Waals surface area contributed by atoms with E-state index in [9.17, 15) is 0 Å². The molecule has 3 nitrogen and oxygen atoms in total. The standard InChI is InChI=1S/C11H14BrNO2Si/c1-14-10-6-8(7-13)5-9(12)11(10)15-16(2,3)4/h5-6H,1-4H3. The van der Waals surface area contributed by atoms with Gasteiger partial charge in [0.05, 0.1) is 23.2 Å². The molecule has 0 saturated heterocycles. The van der Waals surface area contributed by atoms with Crippen LogP contribution in [-0.2, 0) is 0 Å². The van der Waals surface area contributed by atoms with Gasteiger partial charge in [0.2, 0.25) is 8.32 Å². The average Bonchev–Trinajstić information content (AvgIpc) is 2.19. The van der Waals surface area contributed by atoms with Crippen molar-refractivity contribution in [2.75, 3.05) is 7.11 Å². The number of ether oxygens (including phenoxy) is 1. The molecule has 0 bridgehead atoms. The fraction of sp³-hybridized carbons (Fsp3) is 0.364. The molecule has 1 aromatic carbocycles. The molecule has 1 aromatic rings. The minimum absolute atomic E-state index is 0.548. The van der Waals surface area contributed by atoms with Crippen LogP contribution in [0.25, 0.3) is 0 Å². The first-order chi connectivity index (χ1) is 7.37. The lowest BCUT2D eigenvalue weighted by molar-refractivity contribution is 0.391. The van der Waals surface area contributed by atoms with E-state index in [2.05, 4.69) is 41.6 Å². The second kappa shape index (κ2) is 4.89. The van der Waals surface area contributed by atoms with E-state index in [-0.39, 0.29) is 0 Å². The second-order valence-electron chi connectivity index (χ2n) is 4.32. The molecule has 0 aliphatic heterocycles. The molecule has 1 rings (SSSR count). The van der Waals surface area contributed by atoms with Crippen molar-refractivity contribution >= 4 is 24.2 Å². The molecule has 86 valence electrons. The monoisotopic (exact) mass is 299 g/mol. The molecule has 0 fully saturated rings. The Labute approximate surface area is 105 Å². The van der Waals surface area contributed by atoms with E-state index in [1.54, 1.807) is 19.2 Å². The highest BCUT2D eigenvalue weighted by Crippen LogP contribution is 2.37. The lowest BCUT2D eigenvalue weighted by atomic mass is 10.2. The van der Waals surface area contributed by atoms with Gasteiger partial charge in [-0.1, -0.05) is 0 Å². The summed E-state index contributed by atoms with van der Waals surface area (Å²) in [5.74, 6) is 1.27. The third-order valence-electron chi connectivity index (χ3n) is 1.77. The molecular weight excluding hydrogens is 286 g/mol. The maximum atomic E-state index is 8.85. The maximum Gasteiger partial charge on any atom is 0.242 e. The number of nitrogens with zero attached hydrogens (tertiary/aromatic N) is 1. The Kier molecular flexibility index (Phi) is 4.00. The number of hydrogen-bond acceptors (Lipinski definition) is 3. The molecule has 0 aliphatic carbocycles. The number of methoxy groups -OCH3 is 1. The molecule has 0 saturated carbocycles. The predicted molar refractivity (Wildman–Crippen MR) is 69.4 cm³/mol. The van der Waals surface area contributed by atoms with Crippen molar-refractivity contribution in [3.05, 3.63) is 22.2 Å². The van der Waals surface area contributed by atoms with Gasteiger partial charge in [-0.05, 0) is 41.6 Å². The van der Waals surface area contributed by atoms with Crippen LogP contribution >= 0.6 is 15.9 Å². The van der Waals surface area contributed by atoms with Gasteiger partial charge in [-0.15, -0.1) is 0 Å². The summed E-state index contributed by atoms with van der Waals surface area (Å²) < 4.78 is 11.9. The molecule has 0 N–H and O–H groups in total. The van der Waals surface area contributed by atoms with Gasteiger partial charge >= 0.3 is 0 Å². The number of rotatable bonds is 3. The molecule has 0 radical (unpaired) electrons. The van der Waals surface area contributed by atoms with E-state index in [0.29, 0.717) is 17.1 Å². The van der Waals surface area contributed by atoms with Crippen molar-refractivity contribution in [1.29, 1.82) is 5.26 Å². The third kappa shape index (κ3) is 3.25. The zero-order chi connectivity index (χ0) is 12.3. The van der Waals surface area contributed by atoms with Gasteiger partial charge in [-0.2, -0.15) is 5.26 Å². The number of benzene rings is 1. The Hall–Kier alpha value is -0.993. The van der Waals surface area contributed by atoms with E-state index in [1.165, 1.54) is 0 Å². The molecule has 0 amide bonds. The van der Waals surface area contributed by atoms with Gasteiger partial charge in [0.15, 0.2) is 11.5 Å². The van der Waals surface area contributed by atoms with E-state index in [1.807, 2.05) is 0 Å². The fourth-order valence-corrected chi connectivity index (χ4v) is 2.68. The number of hydrogen-bond donors (Lipinski definition) is 0. The molecular formula is C11H14BrNO2Si. The summed E-state index contributed by atoms with van der Waals surface area (Å²) in [5.41, 5.74) is 0.548. The number of halogens is 1. The van der Waals surface area contributed by atoms with Crippen LogP contribution in [0.5, 0.6) is 11.5 Å². The summed E-state index contributed by atoms with van der Waals surface area (Å²) in [4.78, 5) is 0. The Bertz CT molecular complexity index is 435. The number of nitriles is 1. The Balaban J connectivity index is 3.23. The molecule has 0 aromatic heterocycles. The van der Waals surface area contributed by atoms with Crippen molar-refractivity contribution in [3.8, 4) is 17.6 Å². The molecule has 0 heterocycles. The highest BCUT2D eigenvalue weighted by Gasteiger charge is 2.21. The van der Waals surface area contributed by atoms with Crippen LogP contribution in [0.1, 0.15) is 5.56 Å². The van der Waals surface area contributed by atoms with Crippen molar-refractivity contribution < 1.29 is 9.16 Å². The molecule has 0 unspecified atom stereocenters. The highest BCUT2D eigenvalue weighted by atomic mass is 79.9. The van der Waals surface area contributed by atoms with Crippen LogP contribution in [0, 0.1) is 11.3 Å². The Morgan fingerprint density at radius 2 is 1.94 bits per heavy atom. The zero-order valence-corrected chi connectivity index (χ0v) is 12.4. The lowest BCUT2D eigenvalue weighted by Gasteiger charge is -2.22. The maximum absolute atomic E-state index is 8.85. The minimum atomic E-state index is -1.70. The zero-order valence-electron chi connectivity index (χ0n) is 9.80. The summed E-state index contributed by atoms with van der Waals surface area (Å²) in [6, 6.07) is 5.49. The quantitative estimate of drug-likeness (QED) is 0.802. The fourth-order valence-electron chi connectivity index (χ4n) is 1.19. The smallest absolute Gasteiger partial charge is 0.242 e. The predicted octanol–water partition coefficient (Wildman–Crippen LogP) is 3.54. The van der Waals surface area contributed by atoms with E-state index >= 15 is 0 Å². The van der Waals surface area contributed by atoms with Crippen LogP contribution in [-0.4, -0.2) is 15.4 Å². The van der Waals surface area contributed by atoms with Crippen LogP contribution < -0.4 is 9.16 Å². The van der Waals surface area contributed by atoms with Gasteiger partial charge in [0.1, 0.15) is 0 Å². The van der Waals surface area contributed by atoms with Gasteiger partial charge in [0.25, 0.3) is 0 Å². The summed E-state index contributed by atoms with van der Waals surface area (Å²) >= 11 is 3.40. The molecule has 0 aliphatic rings. The third-order valence-corrected chi connectivity index (χ3v) is 3.17. The van der Waals surface area contributed by atoms with Crippen molar-refractivity contribution in [2.24, 2.45) is 0 Å². The SMILES string of the molecule is COc1cc(C#N)cc(Br)c1O[Si](C)(C)C. The van der Waals surface area contributed by atoms with E-state index in [4.69, 9.17) is 14.4 Å². The summed E-state index contributed by atoms with van der Waals surface area (Å²) in [5, 5.41) is 8.85. The normalized spacial score (nSPS) is 10.8. The van der Waals surface area contributed by atoms with Gasteiger partial charge in [-0.25, -0.2) is 0 Å². The molecule has 5 heteroatoms. The highest BCUT2D eigenvalue weighted by molar-refractivity contribution is 9.10. The topological polar surface area (TPSA) is 42.2 Å². The first-order valence-electron chi connectivity index (χ1n) is 4.84. The van der Waals surface area contributed by atoms with Crippen LogP contribution in [0.15, 0.2) is 16.6 Å². The van der Waals surface area contributed by atoms with Crippen molar-refractivity contribution in [3.63, 3.8) is 0 Å². The Morgan fingerprint density at radius 3 is 2.38 bits per heavy atom. The van der Waals surface area contributed by atoms with Crippen molar-refractivity contribution in [1.82, 2.24) is 0 Å². The van der Waals surface area contributed by atoms with Crippen LogP contribution in [0.2, 0.25) is 19.6 Å². The van der Waals surface area contributed by atoms with Crippen LogP contribution in [0.4, 0.5) is 0 Å². The lowest BCUT2D eigenvalue weighted by Crippen LogP contribution is -2.29. The van der Waals surface area contributed by atoms with E-state index < -0.39 is 8.32 Å². The van der Waals surface area contributed by atoms with Crippen molar-refractivity contribution in [2.45, 2.75) is 19.6 Å². The largest absolute Gasteiger partial charge is 0.541 e. The van der Waals surface area contributed by atoms with Gasteiger partial charge in [-0.3, -0.25) is 0 Å². The van der Waals surface area contributed by atoms with Crippen LogP contribution in [0.3, 0.4) is 0 Å². The summed E-state index contributed by atoms with van der Waals surface area (Å²) in [7, 11) is -0.128. The Morgan fingerprint density at radius 1 is 1.31 bits per heavy atom. The molecule has 0 atom stereocenters. The van der Waals surface area contributed by atoms with E-state index in [0.717, 1.165) is 4.47 Å². The second-order valence-corrected chi connectivity index (χ2v) is 9.60. The van der Waals surface area contributed by atoms with Gasteiger partial charge < -0.3 is 9.16 Å². The summed E-state index contributed by atoms with van der Waals surface area (Å²) in [6.07, 6.45) is 0. The van der Waals surface area contributed by atoms with Gasteiger partial charge in [0, 0.05) is 6.07 Å². The summed E-state index contributed by atoms with van der Waals surface area (Å²) in [6.45, 7) is 6.28.